The van der Waals surface area contributed by atoms with Crippen LogP contribution in [0, 0.1) is 0 Å². The van der Waals surface area contributed by atoms with Crippen LogP contribution in [0.25, 0.3) is 11.3 Å². The predicted octanol–water partition coefficient (Wildman–Crippen LogP) is 3.65. The van der Waals surface area contributed by atoms with Crippen LogP contribution < -0.4 is 5.73 Å². The summed E-state index contributed by atoms with van der Waals surface area (Å²) in [5.41, 5.74) is 6.88. The Morgan fingerprint density at radius 2 is 1.58 bits per heavy atom. The number of carbonyl (C=O) groups is 2. The van der Waals surface area contributed by atoms with E-state index in [0.717, 1.165) is 11.3 Å². The average molecular weight is 349 g/mol. The van der Waals surface area contributed by atoms with E-state index in [1.807, 2.05) is 48.5 Å². The summed E-state index contributed by atoms with van der Waals surface area (Å²) in [7, 11) is 0. The molecule has 0 aliphatic rings. The molecule has 3 aromatic rings. The van der Waals surface area contributed by atoms with Gasteiger partial charge in [-0.2, -0.15) is 0 Å². The van der Waals surface area contributed by atoms with Crippen molar-refractivity contribution in [3.63, 3.8) is 0 Å². The van der Waals surface area contributed by atoms with E-state index in [9.17, 15) is 9.59 Å². The molecule has 132 valence electrons. The van der Waals surface area contributed by atoms with Gasteiger partial charge in [0.2, 0.25) is 6.10 Å². The normalized spacial score (nSPS) is 11.7. The first-order valence-electron chi connectivity index (χ1n) is 8.31. The van der Waals surface area contributed by atoms with Crippen LogP contribution in [0.2, 0.25) is 0 Å². The van der Waals surface area contributed by atoms with Crippen molar-refractivity contribution in [2.24, 2.45) is 5.73 Å². The lowest BCUT2D eigenvalue weighted by atomic mass is 10.1. The summed E-state index contributed by atoms with van der Waals surface area (Å²) in [5.74, 6) is 0.216. The van der Waals surface area contributed by atoms with Gasteiger partial charge in [0, 0.05) is 17.5 Å². The summed E-state index contributed by atoms with van der Waals surface area (Å²) >= 11 is 0. The van der Waals surface area contributed by atoms with Crippen molar-refractivity contribution in [1.82, 2.24) is 0 Å². The minimum atomic E-state index is -1.08. The minimum Gasteiger partial charge on any atom is -0.461 e. The summed E-state index contributed by atoms with van der Waals surface area (Å²) in [6.45, 7) is 0. The van der Waals surface area contributed by atoms with Crippen molar-refractivity contribution in [1.29, 1.82) is 0 Å². The molecule has 0 fully saturated rings. The number of aryl methyl sites for hydroxylation is 1. The van der Waals surface area contributed by atoms with E-state index >= 15 is 0 Å². The first-order chi connectivity index (χ1) is 12.6. The number of ether oxygens (including phenoxy) is 1. The van der Waals surface area contributed by atoms with Gasteiger partial charge in [-0.05, 0) is 12.1 Å². The molecule has 1 aromatic heterocycles. The van der Waals surface area contributed by atoms with Gasteiger partial charge < -0.3 is 14.9 Å². The number of benzene rings is 2. The Hall–Kier alpha value is -3.34. The molecule has 1 atom stereocenters. The number of nitrogens with two attached hydrogens (primary N) is 1. The highest BCUT2D eigenvalue weighted by molar-refractivity contribution is 5.83. The maximum Gasteiger partial charge on any atom is 0.307 e. The Kier molecular flexibility index (Phi) is 5.49. The fourth-order valence-corrected chi connectivity index (χ4v) is 2.60. The van der Waals surface area contributed by atoms with Crippen LogP contribution in [0.5, 0.6) is 0 Å². The van der Waals surface area contributed by atoms with Crippen molar-refractivity contribution in [3.8, 4) is 11.3 Å². The maximum atomic E-state index is 12.1. The maximum absolute atomic E-state index is 12.1. The number of furan rings is 1. The Bertz CT molecular complexity index is 871. The second kappa shape index (κ2) is 8.16. The number of esters is 1. The summed E-state index contributed by atoms with van der Waals surface area (Å²) < 4.78 is 11.0. The number of amides is 1. The van der Waals surface area contributed by atoms with Gasteiger partial charge in [0.1, 0.15) is 11.5 Å². The molecule has 0 saturated carbocycles. The molecular weight excluding hydrogens is 330 g/mol. The first-order valence-corrected chi connectivity index (χ1v) is 8.31. The molecule has 0 saturated heterocycles. The van der Waals surface area contributed by atoms with E-state index in [-0.39, 0.29) is 6.42 Å². The third-order valence-electron chi connectivity index (χ3n) is 3.91. The molecule has 5 heteroatoms. The van der Waals surface area contributed by atoms with Gasteiger partial charge in [-0.25, -0.2) is 0 Å². The monoisotopic (exact) mass is 349 g/mol. The molecule has 0 bridgehead atoms. The van der Waals surface area contributed by atoms with Gasteiger partial charge in [-0.1, -0.05) is 60.7 Å². The van der Waals surface area contributed by atoms with Crippen molar-refractivity contribution < 1.29 is 18.7 Å². The Balaban J connectivity index is 1.59. The summed E-state index contributed by atoms with van der Waals surface area (Å²) in [4.78, 5) is 23.7. The number of rotatable bonds is 7. The number of hydrogen-bond acceptors (Lipinski definition) is 4. The Labute approximate surface area is 151 Å². The largest absolute Gasteiger partial charge is 0.461 e. The second-order valence-corrected chi connectivity index (χ2v) is 5.81. The van der Waals surface area contributed by atoms with Crippen LogP contribution in [0.1, 0.15) is 23.8 Å². The molecule has 0 aliphatic carbocycles. The van der Waals surface area contributed by atoms with E-state index in [4.69, 9.17) is 14.9 Å². The van der Waals surface area contributed by atoms with E-state index in [1.54, 1.807) is 24.3 Å². The Morgan fingerprint density at radius 1 is 0.923 bits per heavy atom. The zero-order valence-corrected chi connectivity index (χ0v) is 14.1. The lowest BCUT2D eigenvalue weighted by Gasteiger charge is -2.14. The van der Waals surface area contributed by atoms with Crippen LogP contribution in [-0.4, -0.2) is 11.9 Å². The zero-order chi connectivity index (χ0) is 18.4. The zero-order valence-electron chi connectivity index (χ0n) is 14.1. The fourth-order valence-electron chi connectivity index (χ4n) is 2.60. The van der Waals surface area contributed by atoms with Gasteiger partial charge in [-0.3, -0.25) is 9.59 Å². The molecule has 2 aromatic carbocycles. The molecule has 2 N–H and O–H groups in total. The van der Waals surface area contributed by atoms with Gasteiger partial charge in [0.05, 0.1) is 6.42 Å². The molecule has 0 unspecified atom stereocenters. The highest BCUT2D eigenvalue weighted by Crippen LogP contribution is 2.23. The average Bonchev–Trinajstić information content (AvgIpc) is 3.15. The quantitative estimate of drug-likeness (QED) is 0.660. The molecule has 0 spiro atoms. The van der Waals surface area contributed by atoms with E-state index in [0.29, 0.717) is 17.7 Å². The topological polar surface area (TPSA) is 82.5 Å². The summed E-state index contributed by atoms with van der Waals surface area (Å²) in [6, 6.07) is 22.1. The van der Waals surface area contributed by atoms with E-state index in [1.165, 1.54) is 0 Å². The second-order valence-electron chi connectivity index (χ2n) is 5.81. The number of primary amides is 1. The van der Waals surface area contributed by atoms with Crippen LogP contribution in [-0.2, 0) is 20.7 Å². The SMILES string of the molecule is NC(=O)[C@@H](OC(=O)CCc1ccc(-c2ccccc2)o1)c1ccccc1. The molecule has 5 nitrogen and oxygen atoms in total. The van der Waals surface area contributed by atoms with Crippen molar-refractivity contribution in [2.75, 3.05) is 0 Å². The van der Waals surface area contributed by atoms with Crippen molar-refractivity contribution in [3.05, 3.63) is 84.1 Å². The minimum absolute atomic E-state index is 0.0956. The van der Waals surface area contributed by atoms with Crippen LogP contribution in [0.3, 0.4) is 0 Å². The standard InChI is InChI=1S/C21H19NO4/c22-21(24)20(16-9-5-2-6-10-16)26-19(23)14-12-17-11-13-18(25-17)15-7-3-1-4-8-15/h1-11,13,20H,12,14H2,(H2,22,24)/t20-/m0/s1. The van der Waals surface area contributed by atoms with Crippen LogP contribution in [0.15, 0.2) is 77.2 Å². The molecule has 0 radical (unpaired) electrons. The Morgan fingerprint density at radius 3 is 2.23 bits per heavy atom. The number of hydrogen-bond donors (Lipinski definition) is 1. The predicted molar refractivity (Wildman–Crippen MR) is 96.9 cm³/mol. The fraction of sp³-hybridized carbons (Fsp3) is 0.143. The molecule has 1 heterocycles. The van der Waals surface area contributed by atoms with Gasteiger partial charge in [0.25, 0.3) is 5.91 Å². The molecule has 3 rings (SSSR count). The molecular formula is C21H19NO4. The highest BCUT2D eigenvalue weighted by atomic mass is 16.5. The summed E-state index contributed by atoms with van der Waals surface area (Å²) in [5, 5.41) is 0. The molecule has 0 aliphatic heterocycles. The number of carbonyl (C=O) groups excluding carboxylic acids is 2. The van der Waals surface area contributed by atoms with Crippen LogP contribution >= 0.6 is 0 Å². The third kappa shape index (κ3) is 4.39. The van der Waals surface area contributed by atoms with Gasteiger partial charge >= 0.3 is 5.97 Å². The third-order valence-corrected chi connectivity index (χ3v) is 3.91. The first kappa shape index (κ1) is 17.5. The van der Waals surface area contributed by atoms with Gasteiger partial charge in [0.15, 0.2) is 0 Å². The smallest absolute Gasteiger partial charge is 0.307 e. The van der Waals surface area contributed by atoms with Crippen molar-refractivity contribution >= 4 is 11.9 Å². The van der Waals surface area contributed by atoms with E-state index < -0.39 is 18.0 Å². The van der Waals surface area contributed by atoms with Gasteiger partial charge in [-0.15, -0.1) is 0 Å². The molecule has 1 amide bonds. The van der Waals surface area contributed by atoms with Crippen LogP contribution in [0.4, 0.5) is 0 Å². The van der Waals surface area contributed by atoms with Crippen molar-refractivity contribution in [2.45, 2.75) is 18.9 Å². The highest BCUT2D eigenvalue weighted by Gasteiger charge is 2.22. The lowest BCUT2D eigenvalue weighted by Crippen LogP contribution is -2.26. The summed E-state index contributed by atoms with van der Waals surface area (Å²) in [6.07, 6.45) is -0.607. The molecule has 26 heavy (non-hydrogen) atoms. The van der Waals surface area contributed by atoms with E-state index in [2.05, 4.69) is 0 Å². The lowest BCUT2D eigenvalue weighted by molar-refractivity contribution is -0.155.